The van der Waals surface area contributed by atoms with E-state index in [2.05, 4.69) is 161 Å². The van der Waals surface area contributed by atoms with Crippen LogP contribution in [0.2, 0.25) is 0 Å². The van der Waals surface area contributed by atoms with Gasteiger partial charge in [-0.15, -0.1) is 0 Å². The lowest BCUT2D eigenvalue weighted by atomic mass is 9.99. The molecule has 8 bridgehead atoms. The third kappa shape index (κ3) is 14.8. The van der Waals surface area contributed by atoms with Gasteiger partial charge in [-0.3, -0.25) is 19.6 Å². The van der Waals surface area contributed by atoms with Crippen molar-refractivity contribution < 1.29 is 0 Å². The highest BCUT2D eigenvalue weighted by atomic mass is 15.1. The van der Waals surface area contributed by atoms with E-state index in [4.69, 9.17) is 29.9 Å². The molecular formula is C72H102N12. The largest absolute Gasteiger partial charge is 0.324 e. The fourth-order valence-electron chi connectivity index (χ4n) is 12.4. The minimum absolute atomic E-state index is 0.650. The second-order valence-corrected chi connectivity index (χ2v) is 24.8. The molecule has 0 spiro atoms. The number of aromatic nitrogens is 8. The molecule has 4 aromatic carbocycles. The van der Waals surface area contributed by atoms with Crippen molar-refractivity contribution in [3.05, 3.63) is 93.0 Å². The molecule has 450 valence electrons. The Morgan fingerprint density at radius 1 is 0.274 bits per heavy atom. The maximum absolute atomic E-state index is 5.65. The van der Waals surface area contributed by atoms with Gasteiger partial charge in [0, 0.05) is 70.0 Å². The summed E-state index contributed by atoms with van der Waals surface area (Å²) in [4.78, 5) is 51.9. The van der Waals surface area contributed by atoms with Crippen LogP contribution in [-0.4, -0.2) is 112 Å². The minimum atomic E-state index is 0.650. The quantitative estimate of drug-likeness (QED) is 0.0421. The molecule has 0 saturated carbocycles. The molecule has 12 heteroatoms. The first-order valence-electron chi connectivity index (χ1n) is 33.2. The Hall–Kier alpha value is -5.92. The number of benzene rings is 4. The predicted molar refractivity (Wildman–Crippen MR) is 355 cm³/mol. The number of aryl methyl sites for hydroxylation is 4. The Kier molecular flexibility index (Phi) is 22.3. The lowest BCUT2D eigenvalue weighted by molar-refractivity contribution is 0.256. The Labute approximate surface area is 504 Å². The minimum Gasteiger partial charge on any atom is -0.324 e. The predicted octanol–water partition coefficient (Wildman–Crippen LogP) is 17.7. The van der Waals surface area contributed by atoms with Crippen LogP contribution in [0.4, 0.5) is 0 Å². The lowest BCUT2D eigenvalue weighted by Crippen LogP contribution is -2.26. The summed E-state index contributed by atoms with van der Waals surface area (Å²) in [6.07, 6.45) is 18.8. The number of aromatic amines is 2. The molecule has 0 atom stereocenters. The second kappa shape index (κ2) is 29.9. The molecule has 3 aromatic heterocycles. The highest BCUT2D eigenvalue weighted by molar-refractivity contribution is 6.07. The SMILES string of the molecule is CCCCN(CCCC)Cc1cc2c(cc1C)-c1nc-2nc2[nH]c(nc3nc(nc4[nH]c(n1)c1cc(CN(CCCC)CCCC)c(C)cc41)-c1cc(CN(CCCC)CCCC)c(C)cc1-3)c1cc(CN(CCCC)CCCC)c(C)cc21. The summed E-state index contributed by atoms with van der Waals surface area (Å²) in [7, 11) is 0. The van der Waals surface area contributed by atoms with Crippen molar-refractivity contribution in [1.29, 1.82) is 0 Å². The van der Waals surface area contributed by atoms with Crippen LogP contribution in [0.1, 0.15) is 203 Å². The molecular weight excluding hydrogens is 1030 g/mol. The first-order chi connectivity index (χ1) is 40.9. The fourth-order valence-corrected chi connectivity index (χ4v) is 12.4. The summed E-state index contributed by atoms with van der Waals surface area (Å²) in [5, 5.41) is 4.11. The molecule has 2 aliphatic heterocycles. The summed E-state index contributed by atoms with van der Waals surface area (Å²) in [6.45, 7) is 39.6. The van der Waals surface area contributed by atoms with Crippen molar-refractivity contribution >= 4 is 44.1 Å². The first kappa shape index (κ1) is 62.6. The third-order valence-electron chi connectivity index (χ3n) is 17.9. The maximum atomic E-state index is 5.65. The Balaban J connectivity index is 1.35. The van der Waals surface area contributed by atoms with Crippen LogP contribution in [0.15, 0.2) is 48.5 Å². The van der Waals surface area contributed by atoms with Crippen molar-refractivity contribution in [3.63, 3.8) is 0 Å². The highest BCUT2D eigenvalue weighted by Gasteiger charge is 2.26. The summed E-state index contributed by atoms with van der Waals surface area (Å²) >= 11 is 0. The number of unbranched alkanes of at least 4 members (excludes halogenated alkanes) is 8. The fraction of sp³-hybridized carbons (Fsp3) is 0.556. The molecule has 9 rings (SSSR count). The molecule has 0 aliphatic carbocycles. The van der Waals surface area contributed by atoms with Crippen LogP contribution in [0.25, 0.3) is 89.7 Å². The van der Waals surface area contributed by atoms with Crippen molar-refractivity contribution in [3.8, 4) is 45.6 Å². The van der Waals surface area contributed by atoms with Gasteiger partial charge in [0.15, 0.2) is 23.3 Å². The van der Waals surface area contributed by atoms with Gasteiger partial charge in [0.1, 0.15) is 22.6 Å². The molecule has 0 saturated heterocycles. The summed E-state index contributed by atoms with van der Waals surface area (Å²) in [5.74, 6) is 2.61. The average molecular weight is 1140 g/mol. The molecule has 2 N–H and O–H groups in total. The zero-order valence-electron chi connectivity index (χ0n) is 53.9. The summed E-state index contributed by atoms with van der Waals surface area (Å²) in [6, 6.07) is 18.8. The zero-order chi connectivity index (χ0) is 59.3. The van der Waals surface area contributed by atoms with Crippen molar-refractivity contribution in [2.24, 2.45) is 0 Å². The smallest absolute Gasteiger partial charge is 0.164 e. The van der Waals surface area contributed by atoms with Gasteiger partial charge in [0.2, 0.25) is 0 Å². The molecule has 5 heterocycles. The van der Waals surface area contributed by atoms with Gasteiger partial charge in [0.05, 0.1) is 0 Å². The van der Waals surface area contributed by atoms with E-state index < -0.39 is 0 Å². The van der Waals surface area contributed by atoms with E-state index in [1.807, 2.05) is 0 Å². The average Bonchev–Trinajstić information content (AvgIpc) is 3.67. The summed E-state index contributed by atoms with van der Waals surface area (Å²) in [5.41, 5.74) is 17.2. The third-order valence-corrected chi connectivity index (χ3v) is 17.9. The monoisotopic (exact) mass is 1130 g/mol. The van der Waals surface area contributed by atoms with Gasteiger partial charge < -0.3 is 9.97 Å². The van der Waals surface area contributed by atoms with E-state index in [0.717, 1.165) is 145 Å². The molecule has 0 unspecified atom stereocenters. The number of hydrogen-bond acceptors (Lipinski definition) is 10. The normalized spacial score (nSPS) is 12.4. The van der Waals surface area contributed by atoms with E-state index in [-0.39, 0.29) is 0 Å². The molecule has 7 aromatic rings. The standard InChI is InChI=1S/C72H102N12/c1-13-21-29-81(30-22-14-2)45-53-41-61-57(37-49(53)9)65-73-69(61)77-66-58-38-50(10)54(46-82(31-23-15-3)32-24-16-4)42-62(58)71(74-66)79-68-60-40-52(12)56(48-84(35-27-19-7)36-28-20-8)44-64(60)72(76-68)80-67-59-39-51(11)55(43-63(59)70(75-67)78-65)47-83(33-25-17-5)34-26-18-6/h37-44H,13-36,45-48H2,1-12H3,(H2,73,74,75,76,77,78,79,80). The molecule has 0 radical (unpaired) electrons. The number of H-pyrrole nitrogens is 2. The summed E-state index contributed by atoms with van der Waals surface area (Å²) < 4.78 is 0. The molecule has 12 nitrogen and oxygen atoms in total. The van der Waals surface area contributed by atoms with Gasteiger partial charge >= 0.3 is 0 Å². The second-order valence-electron chi connectivity index (χ2n) is 24.8. The van der Waals surface area contributed by atoms with Gasteiger partial charge in [-0.05, 0) is 224 Å². The van der Waals surface area contributed by atoms with Crippen LogP contribution in [0, 0.1) is 27.7 Å². The first-order valence-corrected chi connectivity index (χ1v) is 33.2. The van der Waals surface area contributed by atoms with Gasteiger partial charge in [-0.1, -0.05) is 107 Å². The van der Waals surface area contributed by atoms with E-state index >= 15 is 0 Å². The van der Waals surface area contributed by atoms with Crippen molar-refractivity contribution in [2.45, 2.75) is 212 Å². The van der Waals surface area contributed by atoms with Crippen LogP contribution in [0.5, 0.6) is 0 Å². The Bertz CT molecular complexity index is 3250. The van der Waals surface area contributed by atoms with E-state index in [1.54, 1.807) is 0 Å². The maximum Gasteiger partial charge on any atom is 0.164 e. The molecule has 2 aliphatic rings. The number of nitrogens with one attached hydrogen (secondary N) is 2. The van der Waals surface area contributed by atoms with Gasteiger partial charge in [-0.25, -0.2) is 29.9 Å². The van der Waals surface area contributed by atoms with Crippen LogP contribution < -0.4 is 0 Å². The number of rotatable bonds is 32. The number of nitrogens with zero attached hydrogens (tertiary/aromatic N) is 10. The van der Waals surface area contributed by atoms with Gasteiger partial charge in [-0.2, -0.15) is 0 Å². The number of hydrogen-bond donors (Lipinski definition) is 2. The number of fused-ring (bicyclic) bond motifs is 20. The van der Waals surface area contributed by atoms with Crippen LogP contribution in [0.3, 0.4) is 0 Å². The topological polar surface area (TPSA) is 122 Å². The molecule has 84 heavy (non-hydrogen) atoms. The van der Waals surface area contributed by atoms with E-state index in [1.165, 1.54) is 147 Å². The highest BCUT2D eigenvalue weighted by Crippen LogP contribution is 2.40. The van der Waals surface area contributed by atoms with Gasteiger partial charge in [0.25, 0.3) is 0 Å². The van der Waals surface area contributed by atoms with Crippen LogP contribution in [-0.2, 0) is 26.2 Å². The van der Waals surface area contributed by atoms with Crippen LogP contribution >= 0.6 is 0 Å². The lowest BCUT2D eigenvalue weighted by Gasteiger charge is -2.23. The van der Waals surface area contributed by atoms with E-state index in [0.29, 0.717) is 23.3 Å². The Morgan fingerprint density at radius 2 is 0.488 bits per heavy atom. The van der Waals surface area contributed by atoms with Crippen molar-refractivity contribution in [2.75, 3.05) is 52.4 Å². The van der Waals surface area contributed by atoms with E-state index in [9.17, 15) is 0 Å². The molecule has 0 fully saturated rings. The Morgan fingerprint density at radius 3 is 0.738 bits per heavy atom. The molecule has 0 amide bonds. The van der Waals surface area contributed by atoms with Crippen molar-refractivity contribution in [1.82, 2.24) is 59.5 Å². The zero-order valence-corrected chi connectivity index (χ0v) is 53.9.